The van der Waals surface area contributed by atoms with Crippen molar-refractivity contribution in [2.45, 2.75) is 7.43 Å². The van der Waals surface area contributed by atoms with Gasteiger partial charge >= 0.3 is 0 Å². The van der Waals surface area contributed by atoms with Crippen LogP contribution in [0.5, 0.6) is 11.5 Å². The van der Waals surface area contributed by atoms with E-state index in [-0.39, 0.29) is 13.2 Å². The molecule has 0 aromatic heterocycles. The summed E-state index contributed by atoms with van der Waals surface area (Å²) in [6, 6.07) is 6.02. The van der Waals surface area contributed by atoms with Crippen LogP contribution in [0.3, 0.4) is 0 Å². The molecule has 0 saturated heterocycles. The van der Waals surface area contributed by atoms with Crippen LogP contribution >= 0.6 is 0 Å². The van der Waals surface area contributed by atoms with Gasteiger partial charge in [0.2, 0.25) is 0 Å². The zero-order valence-corrected chi connectivity index (χ0v) is 5.15. The van der Waals surface area contributed by atoms with Crippen molar-refractivity contribution in [3.05, 3.63) is 24.3 Å². The minimum Gasteiger partial charge on any atom is -0.508 e. The molecular formula is C8H10O3. The Bertz CT molecular complexity index is 233. The highest BCUT2D eigenvalue weighted by atomic mass is 16.5. The van der Waals surface area contributed by atoms with Gasteiger partial charge in [-0.05, 0) is 12.1 Å². The third-order valence-corrected chi connectivity index (χ3v) is 1.00. The third-order valence-electron chi connectivity index (χ3n) is 1.00. The third kappa shape index (κ3) is 2.71. The fourth-order valence-corrected chi connectivity index (χ4v) is 0.612. The van der Waals surface area contributed by atoms with E-state index in [9.17, 15) is 4.79 Å². The Hall–Kier alpha value is -1.51. The van der Waals surface area contributed by atoms with E-state index in [1.165, 1.54) is 12.1 Å². The van der Waals surface area contributed by atoms with Crippen LogP contribution in [-0.2, 0) is 4.79 Å². The zero-order chi connectivity index (χ0) is 7.40. The second-order valence-corrected chi connectivity index (χ2v) is 1.71. The summed E-state index contributed by atoms with van der Waals surface area (Å²) in [5, 5.41) is 8.84. The summed E-state index contributed by atoms with van der Waals surface area (Å²) in [6.45, 7) is 0.314. The lowest BCUT2D eigenvalue weighted by molar-refractivity contribution is -0.120. The number of aromatic hydroxyl groups is 1. The number of rotatable bonds is 2. The Balaban J connectivity index is 0.000001000. The second kappa shape index (κ2) is 4.33. The highest BCUT2D eigenvalue weighted by Crippen LogP contribution is 2.16. The second-order valence-electron chi connectivity index (χ2n) is 1.71. The molecule has 0 spiro atoms. The van der Waals surface area contributed by atoms with Gasteiger partial charge in [0.25, 0.3) is 6.47 Å². The first-order valence-electron chi connectivity index (χ1n) is 2.72. The lowest BCUT2D eigenvalue weighted by Crippen LogP contribution is -1.86. The maximum Gasteiger partial charge on any atom is 0.298 e. The van der Waals surface area contributed by atoms with Crippen molar-refractivity contribution in [2.75, 3.05) is 0 Å². The minimum absolute atomic E-state index is 0. The summed E-state index contributed by atoms with van der Waals surface area (Å²) in [4.78, 5) is 9.78. The Morgan fingerprint density at radius 3 is 2.73 bits per heavy atom. The van der Waals surface area contributed by atoms with Crippen molar-refractivity contribution in [1.82, 2.24) is 0 Å². The summed E-state index contributed by atoms with van der Waals surface area (Å²) in [7, 11) is 0. The number of carbonyl (C=O) groups is 1. The number of phenols is 1. The molecule has 1 aromatic carbocycles. The molecule has 3 nitrogen and oxygen atoms in total. The minimum atomic E-state index is 0. The van der Waals surface area contributed by atoms with E-state index in [2.05, 4.69) is 4.74 Å². The average Bonchev–Trinajstić information content (AvgIpc) is 1.88. The molecular weight excluding hydrogens is 144 g/mol. The van der Waals surface area contributed by atoms with E-state index in [0.717, 1.165) is 0 Å². The fourth-order valence-electron chi connectivity index (χ4n) is 0.612. The molecule has 0 atom stereocenters. The van der Waals surface area contributed by atoms with Gasteiger partial charge in [0.15, 0.2) is 0 Å². The molecule has 0 radical (unpaired) electrons. The first-order chi connectivity index (χ1) is 4.83. The maximum atomic E-state index is 9.78. The van der Waals surface area contributed by atoms with Crippen LogP contribution < -0.4 is 4.74 Å². The van der Waals surface area contributed by atoms with Crippen LogP contribution in [0.1, 0.15) is 7.43 Å². The zero-order valence-electron chi connectivity index (χ0n) is 5.15. The van der Waals surface area contributed by atoms with Gasteiger partial charge in [0.1, 0.15) is 11.5 Å². The maximum absolute atomic E-state index is 9.78. The molecule has 3 heteroatoms. The molecule has 0 aliphatic heterocycles. The van der Waals surface area contributed by atoms with Gasteiger partial charge < -0.3 is 9.84 Å². The molecule has 0 saturated carbocycles. The van der Waals surface area contributed by atoms with E-state index < -0.39 is 0 Å². The number of ether oxygens (including phenoxy) is 1. The summed E-state index contributed by atoms with van der Waals surface area (Å²) in [6.07, 6.45) is 0. The number of benzene rings is 1. The normalized spacial score (nSPS) is 8.00. The van der Waals surface area contributed by atoms with Crippen LogP contribution in [0, 0.1) is 0 Å². The van der Waals surface area contributed by atoms with Gasteiger partial charge in [0.05, 0.1) is 0 Å². The molecule has 60 valence electrons. The van der Waals surface area contributed by atoms with Gasteiger partial charge in [0, 0.05) is 6.07 Å². The predicted octanol–water partition coefficient (Wildman–Crippen LogP) is 1.56. The molecule has 11 heavy (non-hydrogen) atoms. The van der Waals surface area contributed by atoms with Gasteiger partial charge in [-0.2, -0.15) is 0 Å². The molecule has 0 amide bonds. The molecule has 0 fully saturated rings. The first kappa shape index (κ1) is 9.49. The van der Waals surface area contributed by atoms with Crippen molar-refractivity contribution in [2.24, 2.45) is 0 Å². The standard InChI is InChI=1S/C7H6O3.CH4/c8-5-10-7-3-1-2-6(9)4-7;/h1-5,9H;1H4. The number of hydrogen-bond donors (Lipinski definition) is 1. The highest BCUT2D eigenvalue weighted by molar-refractivity contribution is 5.46. The molecule has 0 aliphatic rings. The lowest BCUT2D eigenvalue weighted by atomic mass is 10.3. The van der Waals surface area contributed by atoms with E-state index in [1.54, 1.807) is 12.1 Å². The first-order valence-corrected chi connectivity index (χ1v) is 2.72. The van der Waals surface area contributed by atoms with Crippen molar-refractivity contribution >= 4 is 6.47 Å². The summed E-state index contributed by atoms with van der Waals surface area (Å²) in [5.74, 6) is 0.425. The van der Waals surface area contributed by atoms with Gasteiger partial charge in [-0.1, -0.05) is 13.5 Å². The highest BCUT2D eigenvalue weighted by Gasteiger charge is 1.91. The van der Waals surface area contributed by atoms with Crippen molar-refractivity contribution in [3.8, 4) is 11.5 Å². The Morgan fingerprint density at radius 2 is 2.18 bits per heavy atom. The fraction of sp³-hybridized carbons (Fsp3) is 0.125. The van der Waals surface area contributed by atoms with E-state index >= 15 is 0 Å². The summed E-state index contributed by atoms with van der Waals surface area (Å²) in [5.41, 5.74) is 0. The Kier molecular flexibility index (Phi) is 3.73. The van der Waals surface area contributed by atoms with Crippen molar-refractivity contribution in [3.63, 3.8) is 0 Å². The SMILES string of the molecule is C.O=COc1cccc(O)c1. The Morgan fingerprint density at radius 1 is 1.45 bits per heavy atom. The molecule has 1 rings (SSSR count). The van der Waals surface area contributed by atoms with Gasteiger partial charge in [-0.15, -0.1) is 0 Å². The lowest BCUT2D eigenvalue weighted by Gasteiger charge is -1.95. The average molecular weight is 154 g/mol. The Labute approximate surface area is 65.2 Å². The van der Waals surface area contributed by atoms with Crippen molar-refractivity contribution in [1.29, 1.82) is 0 Å². The molecule has 1 N–H and O–H groups in total. The molecule has 0 aliphatic carbocycles. The van der Waals surface area contributed by atoms with Crippen LogP contribution in [0.2, 0.25) is 0 Å². The van der Waals surface area contributed by atoms with Crippen LogP contribution in [0.15, 0.2) is 24.3 Å². The van der Waals surface area contributed by atoms with Crippen LogP contribution in [0.4, 0.5) is 0 Å². The van der Waals surface area contributed by atoms with E-state index in [0.29, 0.717) is 12.2 Å². The van der Waals surface area contributed by atoms with Crippen molar-refractivity contribution < 1.29 is 14.6 Å². The largest absolute Gasteiger partial charge is 0.508 e. The van der Waals surface area contributed by atoms with E-state index in [1.807, 2.05) is 0 Å². The molecule has 0 heterocycles. The van der Waals surface area contributed by atoms with Crippen LogP contribution in [0.25, 0.3) is 0 Å². The van der Waals surface area contributed by atoms with E-state index in [4.69, 9.17) is 5.11 Å². The van der Waals surface area contributed by atoms with Gasteiger partial charge in [-0.25, -0.2) is 0 Å². The number of phenolic OH excluding ortho intramolecular Hbond substituents is 1. The summed E-state index contributed by atoms with van der Waals surface area (Å²) >= 11 is 0. The van der Waals surface area contributed by atoms with Crippen LogP contribution in [-0.4, -0.2) is 11.6 Å². The summed E-state index contributed by atoms with van der Waals surface area (Å²) < 4.78 is 4.45. The predicted molar refractivity (Wildman–Crippen MR) is 41.5 cm³/mol. The molecule has 1 aromatic rings. The number of hydrogen-bond acceptors (Lipinski definition) is 3. The van der Waals surface area contributed by atoms with Gasteiger partial charge in [-0.3, -0.25) is 4.79 Å². The smallest absolute Gasteiger partial charge is 0.298 e. The number of carbonyl (C=O) groups excluding carboxylic acids is 1. The quantitative estimate of drug-likeness (QED) is 0.657. The molecule has 0 bridgehead atoms. The monoisotopic (exact) mass is 154 g/mol. The molecule has 0 unspecified atom stereocenters. The topological polar surface area (TPSA) is 46.5 Å².